The molecule has 6 heteroatoms. The van der Waals surface area contributed by atoms with Gasteiger partial charge in [0.05, 0.1) is 6.73 Å². The molecule has 1 heterocycles. The van der Waals surface area contributed by atoms with Crippen LogP contribution in [0.3, 0.4) is 0 Å². The van der Waals surface area contributed by atoms with Gasteiger partial charge in [0.2, 0.25) is 0 Å². The van der Waals surface area contributed by atoms with E-state index in [4.69, 9.17) is 0 Å². The van der Waals surface area contributed by atoms with Gasteiger partial charge in [-0.25, -0.2) is 0 Å². The van der Waals surface area contributed by atoms with Crippen molar-refractivity contribution in [1.82, 2.24) is 10.2 Å². The maximum absolute atomic E-state index is 11.9. The molecule has 3 nitrogen and oxygen atoms in total. The lowest BCUT2D eigenvalue weighted by molar-refractivity contribution is -0.184. The van der Waals surface area contributed by atoms with E-state index in [0.717, 1.165) is 39.0 Å². The topological polar surface area (TPSA) is 24.5 Å². The lowest BCUT2D eigenvalue weighted by Gasteiger charge is -2.32. The highest BCUT2D eigenvalue weighted by atomic mass is 19.4. The first-order valence-electron chi connectivity index (χ1n) is 6.09. The number of nitrogens with one attached hydrogen (secondary N) is 1. The van der Waals surface area contributed by atoms with Crippen LogP contribution in [0.4, 0.5) is 13.2 Å². The highest BCUT2D eigenvalue weighted by molar-refractivity contribution is 4.73. The molecule has 0 radical (unpaired) electrons. The van der Waals surface area contributed by atoms with Gasteiger partial charge >= 0.3 is 6.18 Å². The molecule has 0 spiro atoms. The van der Waals surface area contributed by atoms with Crippen LogP contribution in [0.5, 0.6) is 0 Å². The number of piperidine rings is 1. The Morgan fingerprint density at radius 1 is 1.41 bits per heavy atom. The summed E-state index contributed by atoms with van der Waals surface area (Å²) in [5.41, 5.74) is 0. The molecule has 1 rings (SSSR count). The highest BCUT2D eigenvalue weighted by Gasteiger charge is 2.28. The molecule has 0 aliphatic carbocycles. The van der Waals surface area contributed by atoms with Gasteiger partial charge in [-0.05, 0) is 31.8 Å². The lowest BCUT2D eigenvalue weighted by atomic mass is 9.98. The average molecular weight is 254 g/mol. The fraction of sp³-hybridized carbons (Fsp3) is 1.00. The van der Waals surface area contributed by atoms with Crippen molar-refractivity contribution < 1.29 is 17.9 Å². The number of alkyl halides is 3. The molecule has 1 fully saturated rings. The molecule has 1 unspecified atom stereocenters. The quantitative estimate of drug-likeness (QED) is 0.783. The molecular weight excluding hydrogens is 233 g/mol. The molecule has 1 aliphatic rings. The molecule has 102 valence electrons. The minimum absolute atomic E-state index is 0.0855. The number of ether oxygens (including phenoxy) is 1. The van der Waals surface area contributed by atoms with E-state index in [0.29, 0.717) is 5.92 Å². The Hall–Kier alpha value is -0.330. The van der Waals surface area contributed by atoms with Crippen molar-refractivity contribution >= 4 is 0 Å². The van der Waals surface area contributed by atoms with Gasteiger partial charge in [0.25, 0.3) is 0 Å². The summed E-state index contributed by atoms with van der Waals surface area (Å²) in [6.07, 6.45) is -2.05. The smallest absolute Gasteiger partial charge is 0.357 e. The highest BCUT2D eigenvalue weighted by Crippen LogP contribution is 2.17. The van der Waals surface area contributed by atoms with Crippen LogP contribution in [0, 0.1) is 5.92 Å². The lowest BCUT2D eigenvalue weighted by Crippen LogP contribution is -2.41. The molecule has 1 aliphatic heterocycles. The number of halogens is 3. The SMILES string of the molecule is CCNCC1CCCN(COCC(F)(F)F)C1. The molecule has 0 aromatic rings. The maximum Gasteiger partial charge on any atom is 0.411 e. The Morgan fingerprint density at radius 2 is 2.18 bits per heavy atom. The normalized spacial score (nSPS) is 22.9. The van der Waals surface area contributed by atoms with Gasteiger partial charge in [-0.1, -0.05) is 6.92 Å². The Labute approximate surface area is 100 Å². The van der Waals surface area contributed by atoms with Crippen LogP contribution < -0.4 is 5.32 Å². The van der Waals surface area contributed by atoms with Crippen molar-refractivity contribution in [2.24, 2.45) is 5.92 Å². The summed E-state index contributed by atoms with van der Waals surface area (Å²) in [5.74, 6) is 0.526. The zero-order valence-corrected chi connectivity index (χ0v) is 10.2. The second-order valence-corrected chi connectivity index (χ2v) is 4.49. The van der Waals surface area contributed by atoms with Crippen LogP contribution in [0.2, 0.25) is 0 Å². The van der Waals surface area contributed by atoms with Crippen molar-refractivity contribution in [3.05, 3.63) is 0 Å². The summed E-state index contributed by atoms with van der Waals surface area (Å²) >= 11 is 0. The summed E-state index contributed by atoms with van der Waals surface area (Å²) < 4.78 is 40.4. The van der Waals surface area contributed by atoms with Gasteiger partial charge < -0.3 is 10.1 Å². The Morgan fingerprint density at radius 3 is 2.82 bits per heavy atom. The van der Waals surface area contributed by atoms with E-state index in [-0.39, 0.29) is 6.73 Å². The maximum atomic E-state index is 11.9. The number of rotatable bonds is 6. The van der Waals surface area contributed by atoms with E-state index in [2.05, 4.69) is 10.1 Å². The molecule has 0 aromatic carbocycles. The number of hydrogen-bond donors (Lipinski definition) is 1. The largest absolute Gasteiger partial charge is 0.411 e. The van der Waals surface area contributed by atoms with Gasteiger partial charge in [0.15, 0.2) is 0 Å². The molecule has 0 amide bonds. The average Bonchev–Trinajstić information content (AvgIpc) is 2.25. The standard InChI is InChI=1S/C11H21F3N2O/c1-2-15-6-10-4-3-5-16(7-10)9-17-8-11(12,13)14/h10,15H,2-9H2,1H3. The molecule has 1 N–H and O–H groups in total. The molecule has 0 aromatic heterocycles. The zero-order valence-electron chi connectivity index (χ0n) is 10.2. The van der Waals surface area contributed by atoms with Crippen LogP contribution >= 0.6 is 0 Å². The third-order valence-electron chi connectivity index (χ3n) is 2.83. The molecular formula is C11H21F3N2O. The summed E-state index contributed by atoms with van der Waals surface area (Å²) in [7, 11) is 0. The van der Waals surface area contributed by atoms with Crippen molar-refractivity contribution in [1.29, 1.82) is 0 Å². The number of likely N-dealkylation sites (tertiary alicyclic amines) is 1. The second kappa shape index (κ2) is 7.18. The first kappa shape index (κ1) is 14.7. The van der Waals surface area contributed by atoms with E-state index in [1.54, 1.807) is 0 Å². The molecule has 1 atom stereocenters. The minimum Gasteiger partial charge on any atom is -0.357 e. The Balaban J connectivity index is 2.16. The third-order valence-corrected chi connectivity index (χ3v) is 2.83. The first-order chi connectivity index (χ1) is 8.01. The molecule has 17 heavy (non-hydrogen) atoms. The summed E-state index contributed by atoms with van der Waals surface area (Å²) in [6, 6.07) is 0. The Kier molecular flexibility index (Phi) is 6.22. The van der Waals surface area contributed by atoms with Gasteiger partial charge in [-0.3, -0.25) is 4.90 Å². The van der Waals surface area contributed by atoms with Crippen molar-refractivity contribution in [3.8, 4) is 0 Å². The van der Waals surface area contributed by atoms with Crippen LogP contribution in [0.1, 0.15) is 19.8 Å². The number of hydrogen-bond acceptors (Lipinski definition) is 3. The second-order valence-electron chi connectivity index (χ2n) is 4.49. The summed E-state index contributed by atoms with van der Waals surface area (Å²) in [5, 5.41) is 3.27. The van der Waals surface area contributed by atoms with E-state index < -0.39 is 12.8 Å². The van der Waals surface area contributed by atoms with Crippen LogP contribution in [-0.2, 0) is 4.74 Å². The van der Waals surface area contributed by atoms with Crippen LogP contribution in [-0.4, -0.2) is 50.6 Å². The summed E-state index contributed by atoms with van der Waals surface area (Å²) in [4.78, 5) is 1.96. The zero-order chi connectivity index (χ0) is 12.7. The van der Waals surface area contributed by atoms with Gasteiger partial charge in [-0.2, -0.15) is 13.2 Å². The fourth-order valence-electron chi connectivity index (χ4n) is 2.07. The molecule has 0 saturated carbocycles. The van der Waals surface area contributed by atoms with E-state index >= 15 is 0 Å². The van der Waals surface area contributed by atoms with Crippen LogP contribution in [0.25, 0.3) is 0 Å². The van der Waals surface area contributed by atoms with Gasteiger partial charge in [0, 0.05) is 13.1 Å². The monoisotopic (exact) mass is 254 g/mol. The van der Waals surface area contributed by atoms with Gasteiger partial charge in [0.1, 0.15) is 6.61 Å². The van der Waals surface area contributed by atoms with Crippen molar-refractivity contribution in [3.63, 3.8) is 0 Å². The summed E-state index contributed by atoms with van der Waals surface area (Å²) in [6.45, 7) is 4.51. The van der Waals surface area contributed by atoms with Gasteiger partial charge in [-0.15, -0.1) is 0 Å². The van der Waals surface area contributed by atoms with E-state index in [1.165, 1.54) is 0 Å². The van der Waals surface area contributed by atoms with E-state index in [1.807, 2.05) is 11.8 Å². The minimum atomic E-state index is -4.22. The number of nitrogens with zero attached hydrogens (tertiary/aromatic N) is 1. The first-order valence-corrected chi connectivity index (χ1v) is 6.09. The molecule has 0 bridgehead atoms. The van der Waals surface area contributed by atoms with E-state index in [9.17, 15) is 13.2 Å². The predicted molar refractivity (Wildman–Crippen MR) is 59.7 cm³/mol. The fourth-order valence-corrected chi connectivity index (χ4v) is 2.07. The third kappa shape index (κ3) is 6.85. The van der Waals surface area contributed by atoms with Crippen LogP contribution in [0.15, 0.2) is 0 Å². The predicted octanol–water partition coefficient (Wildman–Crippen LogP) is 1.84. The van der Waals surface area contributed by atoms with Crippen molar-refractivity contribution in [2.75, 3.05) is 39.5 Å². The molecule has 1 saturated heterocycles. The Bertz CT molecular complexity index is 211. The van der Waals surface area contributed by atoms with Crippen molar-refractivity contribution in [2.45, 2.75) is 25.9 Å².